The van der Waals surface area contributed by atoms with Gasteiger partial charge in [0.15, 0.2) is 5.82 Å². The van der Waals surface area contributed by atoms with Gasteiger partial charge in [-0.05, 0) is 19.1 Å². The van der Waals surface area contributed by atoms with Crippen molar-refractivity contribution in [2.75, 3.05) is 19.4 Å². The van der Waals surface area contributed by atoms with Crippen LogP contribution >= 0.6 is 0 Å². The number of hydrogen-bond donors (Lipinski definition) is 2. The number of hydrogen-bond acceptors (Lipinski definition) is 4. The molecule has 112 valence electrons. The second kappa shape index (κ2) is 5.86. The molecule has 0 saturated carbocycles. The van der Waals surface area contributed by atoms with Gasteiger partial charge in [-0.3, -0.25) is 9.89 Å². The van der Waals surface area contributed by atoms with Crippen molar-refractivity contribution in [2.45, 2.75) is 13.5 Å². The molecule has 2 aromatic rings. The number of aryl methyl sites for hydroxylation is 1. The highest BCUT2D eigenvalue weighted by Crippen LogP contribution is 2.21. The molecule has 21 heavy (non-hydrogen) atoms. The van der Waals surface area contributed by atoms with Gasteiger partial charge in [0.2, 0.25) is 0 Å². The van der Waals surface area contributed by atoms with Crippen LogP contribution < -0.4 is 5.32 Å². The van der Waals surface area contributed by atoms with E-state index in [-0.39, 0.29) is 17.8 Å². The van der Waals surface area contributed by atoms with Gasteiger partial charge in [-0.1, -0.05) is 0 Å². The first-order chi connectivity index (χ1) is 9.92. The highest BCUT2D eigenvalue weighted by atomic mass is 19.1. The molecular formula is C13H15F2N5O. The number of H-pyrrole nitrogens is 1. The SMILES string of the molecule is CNc1c(F)cc(C(=O)N(C)Cc2n[nH]c(C)n2)cc1F. The molecule has 6 nitrogen and oxygen atoms in total. The topological polar surface area (TPSA) is 73.9 Å². The minimum Gasteiger partial charge on any atom is -0.383 e. The fourth-order valence-corrected chi connectivity index (χ4v) is 1.90. The number of carbonyl (C=O) groups excluding carboxylic acids is 1. The summed E-state index contributed by atoms with van der Waals surface area (Å²) in [5.74, 6) is -1.10. The van der Waals surface area contributed by atoms with Crippen LogP contribution in [0.25, 0.3) is 0 Å². The van der Waals surface area contributed by atoms with Crippen LogP contribution in [0.4, 0.5) is 14.5 Å². The summed E-state index contributed by atoms with van der Waals surface area (Å²) in [4.78, 5) is 17.5. The summed E-state index contributed by atoms with van der Waals surface area (Å²) in [6, 6.07) is 1.99. The zero-order valence-electron chi connectivity index (χ0n) is 11.9. The number of nitrogens with zero attached hydrogens (tertiary/aromatic N) is 3. The van der Waals surface area contributed by atoms with Crippen LogP contribution in [0.3, 0.4) is 0 Å². The third-order valence-electron chi connectivity index (χ3n) is 2.91. The van der Waals surface area contributed by atoms with E-state index in [1.165, 1.54) is 19.0 Å². The molecular weight excluding hydrogens is 280 g/mol. The third kappa shape index (κ3) is 3.15. The molecule has 2 N–H and O–H groups in total. The summed E-state index contributed by atoms with van der Waals surface area (Å²) in [6.07, 6.45) is 0. The lowest BCUT2D eigenvalue weighted by atomic mass is 10.1. The molecule has 0 spiro atoms. The van der Waals surface area contributed by atoms with E-state index >= 15 is 0 Å². The summed E-state index contributed by atoms with van der Waals surface area (Å²) in [7, 11) is 2.91. The van der Waals surface area contributed by atoms with E-state index in [4.69, 9.17) is 0 Å². The fourth-order valence-electron chi connectivity index (χ4n) is 1.90. The lowest BCUT2D eigenvalue weighted by molar-refractivity contribution is 0.0780. The molecule has 0 bridgehead atoms. The molecule has 0 aliphatic heterocycles. The van der Waals surface area contributed by atoms with Gasteiger partial charge in [0.05, 0.1) is 6.54 Å². The average Bonchev–Trinajstić information content (AvgIpc) is 2.82. The molecule has 0 fully saturated rings. The van der Waals surface area contributed by atoms with Gasteiger partial charge in [-0.2, -0.15) is 5.10 Å². The second-order valence-corrected chi connectivity index (χ2v) is 4.56. The number of aromatic nitrogens is 3. The van der Waals surface area contributed by atoms with Crippen LogP contribution in [0, 0.1) is 18.6 Å². The summed E-state index contributed by atoms with van der Waals surface area (Å²) in [5.41, 5.74) is -0.336. The smallest absolute Gasteiger partial charge is 0.254 e. The first kappa shape index (κ1) is 14.9. The van der Waals surface area contributed by atoms with Crippen molar-refractivity contribution in [3.05, 3.63) is 41.0 Å². The number of nitrogens with one attached hydrogen (secondary N) is 2. The monoisotopic (exact) mass is 295 g/mol. The highest BCUT2D eigenvalue weighted by Gasteiger charge is 2.18. The number of carbonyl (C=O) groups is 1. The van der Waals surface area contributed by atoms with Crippen LogP contribution in [0.1, 0.15) is 22.0 Å². The number of benzene rings is 1. The van der Waals surface area contributed by atoms with Gasteiger partial charge in [0.25, 0.3) is 5.91 Å². The van der Waals surface area contributed by atoms with Crippen molar-refractivity contribution in [3.63, 3.8) is 0 Å². The van der Waals surface area contributed by atoms with Crippen LogP contribution in [0.15, 0.2) is 12.1 Å². The van der Waals surface area contributed by atoms with Crippen molar-refractivity contribution >= 4 is 11.6 Å². The normalized spacial score (nSPS) is 10.5. The third-order valence-corrected chi connectivity index (χ3v) is 2.91. The van der Waals surface area contributed by atoms with Gasteiger partial charge in [0.1, 0.15) is 23.1 Å². The summed E-state index contributed by atoms with van der Waals surface area (Å²) < 4.78 is 27.3. The van der Waals surface area contributed by atoms with E-state index in [1.54, 1.807) is 6.92 Å². The highest BCUT2D eigenvalue weighted by molar-refractivity contribution is 5.94. The van der Waals surface area contributed by atoms with Gasteiger partial charge < -0.3 is 10.2 Å². The van der Waals surface area contributed by atoms with Crippen LogP contribution in [-0.2, 0) is 6.54 Å². The molecule has 8 heteroatoms. The summed E-state index contributed by atoms with van der Waals surface area (Å²) >= 11 is 0. The number of rotatable bonds is 4. The number of halogens is 2. The molecule has 0 atom stereocenters. The van der Waals surface area contributed by atoms with Crippen LogP contribution in [0.2, 0.25) is 0 Å². The quantitative estimate of drug-likeness (QED) is 0.900. The Morgan fingerprint density at radius 3 is 2.48 bits per heavy atom. The zero-order valence-corrected chi connectivity index (χ0v) is 11.9. The van der Waals surface area contributed by atoms with Crippen molar-refractivity contribution < 1.29 is 13.6 Å². The molecule has 2 rings (SSSR count). The minimum atomic E-state index is -0.817. The Balaban J connectivity index is 2.19. The maximum absolute atomic E-state index is 13.7. The first-order valence-electron chi connectivity index (χ1n) is 6.22. The Morgan fingerprint density at radius 2 is 2.00 bits per heavy atom. The molecule has 0 aliphatic carbocycles. The van der Waals surface area contributed by atoms with Crippen molar-refractivity contribution in [2.24, 2.45) is 0 Å². The predicted molar refractivity (Wildman–Crippen MR) is 72.8 cm³/mol. The average molecular weight is 295 g/mol. The van der Waals surface area contributed by atoms with E-state index in [2.05, 4.69) is 20.5 Å². The number of aromatic amines is 1. The van der Waals surface area contributed by atoms with Crippen molar-refractivity contribution in [1.82, 2.24) is 20.1 Å². The molecule has 1 aromatic heterocycles. The van der Waals surface area contributed by atoms with Crippen molar-refractivity contribution in [3.8, 4) is 0 Å². The predicted octanol–water partition coefficient (Wildman–Crippen LogP) is 1.71. The largest absolute Gasteiger partial charge is 0.383 e. The maximum Gasteiger partial charge on any atom is 0.254 e. The molecule has 0 unspecified atom stereocenters. The Morgan fingerprint density at radius 1 is 1.38 bits per heavy atom. The Hall–Kier alpha value is -2.51. The summed E-state index contributed by atoms with van der Waals surface area (Å²) in [5, 5.41) is 8.97. The van der Waals surface area contributed by atoms with Crippen LogP contribution in [0.5, 0.6) is 0 Å². The Labute approximate surface area is 120 Å². The molecule has 0 saturated heterocycles. The van der Waals surface area contributed by atoms with Crippen LogP contribution in [-0.4, -0.2) is 40.1 Å². The fraction of sp³-hybridized carbons (Fsp3) is 0.308. The Bertz CT molecular complexity index is 647. The number of anilines is 1. The lowest BCUT2D eigenvalue weighted by Gasteiger charge is -2.16. The van der Waals surface area contributed by atoms with Gasteiger partial charge in [-0.25, -0.2) is 13.8 Å². The van der Waals surface area contributed by atoms with Gasteiger partial charge >= 0.3 is 0 Å². The van der Waals surface area contributed by atoms with Gasteiger partial charge in [-0.15, -0.1) is 0 Å². The molecule has 1 aromatic carbocycles. The van der Waals surface area contributed by atoms with Gasteiger partial charge in [0, 0.05) is 19.7 Å². The molecule has 0 radical (unpaired) electrons. The molecule has 1 heterocycles. The molecule has 0 aliphatic rings. The minimum absolute atomic E-state index is 0.0706. The lowest BCUT2D eigenvalue weighted by Crippen LogP contribution is -2.27. The second-order valence-electron chi connectivity index (χ2n) is 4.56. The zero-order chi connectivity index (χ0) is 15.6. The van der Waals surface area contributed by atoms with E-state index < -0.39 is 17.5 Å². The van der Waals surface area contributed by atoms with E-state index in [0.717, 1.165) is 12.1 Å². The van der Waals surface area contributed by atoms with E-state index in [1.807, 2.05) is 0 Å². The standard InChI is InChI=1S/C13H15F2N5O/c1-7-17-11(19-18-7)6-20(3)13(21)8-4-9(14)12(16-2)10(15)5-8/h4-5,16H,6H2,1-3H3,(H,17,18,19). The summed E-state index contributed by atoms with van der Waals surface area (Å²) in [6.45, 7) is 1.87. The van der Waals surface area contributed by atoms with E-state index in [9.17, 15) is 13.6 Å². The first-order valence-corrected chi connectivity index (χ1v) is 6.22. The Kier molecular flexibility index (Phi) is 4.15. The van der Waals surface area contributed by atoms with Crippen molar-refractivity contribution in [1.29, 1.82) is 0 Å². The maximum atomic E-state index is 13.7. The number of amides is 1. The van der Waals surface area contributed by atoms with E-state index in [0.29, 0.717) is 11.6 Å². The molecule has 1 amide bonds.